The van der Waals surface area contributed by atoms with Gasteiger partial charge in [-0.15, -0.1) is 12.4 Å². The van der Waals surface area contributed by atoms with Crippen molar-refractivity contribution in [2.45, 2.75) is 12.5 Å². The first-order chi connectivity index (χ1) is 6.13. The summed E-state index contributed by atoms with van der Waals surface area (Å²) >= 11 is 6.83. The minimum Gasteiger partial charge on any atom is -0.330 e. The van der Waals surface area contributed by atoms with Crippen molar-refractivity contribution in [3.63, 3.8) is 0 Å². The third kappa shape index (κ3) is 4.28. The molecule has 1 atom stereocenters. The number of hydrogen-bond donors (Lipinski definition) is 2. The van der Waals surface area contributed by atoms with E-state index in [9.17, 15) is 0 Å². The largest absolute Gasteiger partial charge is 0.330 e. The van der Waals surface area contributed by atoms with Crippen LogP contribution < -0.4 is 11.5 Å². The summed E-state index contributed by atoms with van der Waals surface area (Å²) in [7, 11) is 0. The second-order valence-corrected chi connectivity index (χ2v) is 4.72. The lowest BCUT2D eigenvalue weighted by Gasteiger charge is -2.11. The van der Waals surface area contributed by atoms with Crippen LogP contribution >= 0.6 is 44.3 Å². The van der Waals surface area contributed by atoms with Crippen LogP contribution in [0.15, 0.2) is 27.1 Å². The highest BCUT2D eigenvalue weighted by molar-refractivity contribution is 9.11. The monoisotopic (exact) mass is 342 g/mol. The zero-order chi connectivity index (χ0) is 9.84. The maximum atomic E-state index is 5.92. The van der Waals surface area contributed by atoms with Crippen LogP contribution in [-0.4, -0.2) is 6.54 Å². The van der Waals surface area contributed by atoms with Crippen LogP contribution in [0, 0.1) is 0 Å². The van der Waals surface area contributed by atoms with Crippen LogP contribution in [0.2, 0.25) is 0 Å². The summed E-state index contributed by atoms with van der Waals surface area (Å²) in [6.07, 6.45) is 0.808. The molecule has 0 saturated heterocycles. The molecular formula is C9H13Br2ClN2. The molecule has 5 heteroatoms. The molecule has 0 aliphatic carbocycles. The first-order valence-electron chi connectivity index (χ1n) is 4.05. The van der Waals surface area contributed by atoms with E-state index < -0.39 is 0 Å². The Morgan fingerprint density at radius 1 is 1.14 bits per heavy atom. The Balaban J connectivity index is 0.00000169. The molecule has 0 radical (unpaired) electrons. The number of benzene rings is 1. The van der Waals surface area contributed by atoms with Gasteiger partial charge in [0.25, 0.3) is 0 Å². The molecule has 1 aromatic carbocycles. The van der Waals surface area contributed by atoms with Gasteiger partial charge in [0.05, 0.1) is 0 Å². The molecule has 0 aromatic heterocycles. The molecule has 1 aromatic rings. The normalized spacial score (nSPS) is 12.0. The van der Waals surface area contributed by atoms with E-state index >= 15 is 0 Å². The Hall–Kier alpha value is 0.390. The molecule has 0 heterocycles. The summed E-state index contributed by atoms with van der Waals surface area (Å²) in [5.74, 6) is 0. The van der Waals surface area contributed by atoms with Gasteiger partial charge in [0.2, 0.25) is 0 Å². The van der Waals surface area contributed by atoms with Gasteiger partial charge in [-0.25, -0.2) is 0 Å². The van der Waals surface area contributed by atoms with Crippen LogP contribution in [0.5, 0.6) is 0 Å². The molecule has 2 nitrogen and oxygen atoms in total. The van der Waals surface area contributed by atoms with E-state index in [1.807, 2.05) is 18.2 Å². The van der Waals surface area contributed by atoms with Crippen molar-refractivity contribution < 1.29 is 0 Å². The van der Waals surface area contributed by atoms with Crippen LogP contribution in [0.1, 0.15) is 18.0 Å². The molecule has 0 unspecified atom stereocenters. The molecule has 0 bridgehead atoms. The van der Waals surface area contributed by atoms with E-state index in [4.69, 9.17) is 11.5 Å². The summed E-state index contributed by atoms with van der Waals surface area (Å²) in [6.45, 7) is 0.616. The van der Waals surface area contributed by atoms with Gasteiger partial charge in [-0.1, -0.05) is 31.9 Å². The first kappa shape index (κ1) is 14.4. The van der Waals surface area contributed by atoms with Gasteiger partial charge in [-0.3, -0.25) is 0 Å². The maximum absolute atomic E-state index is 5.92. The summed E-state index contributed by atoms with van der Waals surface area (Å²) in [5, 5.41) is 0. The second-order valence-electron chi connectivity index (χ2n) is 2.89. The van der Waals surface area contributed by atoms with Gasteiger partial charge < -0.3 is 11.5 Å². The molecule has 0 fully saturated rings. The fourth-order valence-corrected chi connectivity index (χ4v) is 2.46. The van der Waals surface area contributed by atoms with E-state index in [0.29, 0.717) is 6.54 Å². The number of halogens is 3. The van der Waals surface area contributed by atoms with Crippen molar-refractivity contribution in [2.24, 2.45) is 11.5 Å². The zero-order valence-corrected chi connectivity index (χ0v) is 11.5. The van der Waals surface area contributed by atoms with Gasteiger partial charge in [-0.2, -0.15) is 0 Å². The zero-order valence-electron chi connectivity index (χ0n) is 7.54. The van der Waals surface area contributed by atoms with Crippen LogP contribution in [-0.2, 0) is 0 Å². The Kier molecular flexibility index (Phi) is 6.99. The lowest BCUT2D eigenvalue weighted by molar-refractivity contribution is 0.661. The van der Waals surface area contributed by atoms with Gasteiger partial charge in [-0.05, 0) is 36.7 Å². The van der Waals surface area contributed by atoms with Gasteiger partial charge in [0.1, 0.15) is 0 Å². The Morgan fingerprint density at radius 2 is 1.64 bits per heavy atom. The quantitative estimate of drug-likeness (QED) is 0.886. The topological polar surface area (TPSA) is 52.0 Å². The van der Waals surface area contributed by atoms with Crippen molar-refractivity contribution in [1.82, 2.24) is 0 Å². The third-order valence-electron chi connectivity index (χ3n) is 1.79. The Labute approximate surface area is 107 Å². The molecule has 4 N–H and O–H groups in total. The molecule has 0 aliphatic heterocycles. The fourth-order valence-electron chi connectivity index (χ4n) is 1.14. The average molecular weight is 344 g/mol. The van der Waals surface area contributed by atoms with E-state index in [1.54, 1.807) is 0 Å². The van der Waals surface area contributed by atoms with Gasteiger partial charge >= 0.3 is 0 Å². The molecule has 14 heavy (non-hydrogen) atoms. The highest BCUT2D eigenvalue weighted by atomic mass is 79.9. The molecule has 1 rings (SSSR count). The molecule has 0 aliphatic rings. The Bertz CT molecular complexity index is 274. The maximum Gasteiger partial charge on any atom is 0.0307 e. The lowest BCUT2D eigenvalue weighted by Crippen LogP contribution is -2.15. The summed E-state index contributed by atoms with van der Waals surface area (Å²) < 4.78 is 2.06. The predicted octanol–water partition coefficient (Wildman–Crippen LogP) is 2.98. The summed E-state index contributed by atoms with van der Waals surface area (Å²) in [5.41, 5.74) is 12.5. The Morgan fingerprint density at radius 3 is 2.07 bits per heavy atom. The minimum atomic E-state index is 0. The SMILES string of the molecule is Cl.NCC[C@H](N)c1cc(Br)cc(Br)c1. The van der Waals surface area contributed by atoms with E-state index in [-0.39, 0.29) is 18.4 Å². The molecular weight excluding hydrogens is 331 g/mol. The van der Waals surface area contributed by atoms with Crippen LogP contribution in [0.25, 0.3) is 0 Å². The van der Waals surface area contributed by atoms with Crippen molar-refractivity contribution in [3.8, 4) is 0 Å². The first-order valence-corrected chi connectivity index (χ1v) is 5.63. The van der Waals surface area contributed by atoms with Gasteiger partial charge in [0.15, 0.2) is 0 Å². The minimum absolute atomic E-state index is 0. The predicted molar refractivity (Wildman–Crippen MR) is 69.7 cm³/mol. The molecule has 0 amide bonds. The molecule has 80 valence electrons. The van der Waals surface area contributed by atoms with Crippen LogP contribution in [0.4, 0.5) is 0 Å². The highest BCUT2D eigenvalue weighted by Gasteiger charge is 2.06. The molecule has 0 saturated carbocycles. The highest BCUT2D eigenvalue weighted by Crippen LogP contribution is 2.24. The summed E-state index contributed by atoms with van der Waals surface area (Å²) in [4.78, 5) is 0. The number of nitrogens with two attached hydrogens (primary N) is 2. The van der Waals surface area contributed by atoms with E-state index in [0.717, 1.165) is 20.9 Å². The average Bonchev–Trinajstić information content (AvgIpc) is 2.03. The van der Waals surface area contributed by atoms with Crippen molar-refractivity contribution in [2.75, 3.05) is 6.54 Å². The third-order valence-corrected chi connectivity index (χ3v) is 2.71. The number of rotatable bonds is 3. The van der Waals surface area contributed by atoms with E-state index in [2.05, 4.69) is 31.9 Å². The lowest BCUT2D eigenvalue weighted by atomic mass is 10.1. The number of hydrogen-bond acceptors (Lipinski definition) is 2. The van der Waals surface area contributed by atoms with Gasteiger partial charge in [0, 0.05) is 15.0 Å². The van der Waals surface area contributed by atoms with Crippen molar-refractivity contribution >= 4 is 44.3 Å². The standard InChI is InChI=1S/C9H12Br2N2.ClH/c10-7-3-6(4-8(11)5-7)9(13)1-2-12;/h3-5,9H,1-2,12-13H2;1H/t9-;/m0./s1. The van der Waals surface area contributed by atoms with Crippen molar-refractivity contribution in [1.29, 1.82) is 0 Å². The smallest absolute Gasteiger partial charge is 0.0307 e. The van der Waals surface area contributed by atoms with Crippen LogP contribution in [0.3, 0.4) is 0 Å². The fraction of sp³-hybridized carbons (Fsp3) is 0.333. The molecule has 0 spiro atoms. The van der Waals surface area contributed by atoms with E-state index in [1.165, 1.54) is 0 Å². The summed E-state index contributed by atoms with van der Waals surface area (Å²) in [6, 6.07) is 6.05. The van der Waals surface area contributed by atoms with Crippen molar-refractivity contribution in [3.05, 3.63) is 32.7 Å². The second kappa shape index (κ2) is 6.80.